The second kappa shape index (κ2) is 5.69. The average Bonchev–Trinajstić information content (AvgIpc) is 2.80. The van der Waals surface area contributed by atoms with E-state index in [0.29, 0.717) is 18.8 Å². The largest absolute Gasteiger partial charge is 0.481 e. The highest BCUT2D eigenvalue weighted by molar-refractivity contribution is 5.89. The maximum absolute atomic E-state index is 12.0. The Kier molecular flexibility index (Phi) is 3.99. The minimum Gasteiger partial charge on any atom is -0.481 e. The molecule has 1 fully saturated rings. The van der Waals surface area contributed by atoms with Gasteiger partial charge in [-0.1, -0.05) is 0 Å². The average molecular weight is 263 g/mol. The van der Waals surface area contributed by atoms with Gasteiger partial charge in [-0.15, -0.1) is 0 Å². The van der Waals surface area contributed by atoms with Crippen molar-refractivity contribution in [3.8, 4) is 0 Å². The fraction of sp³-hybridized carbons (Fsp3) is 0.462. The van der Waals surface area contributed by atoms with Gasteiger partial charge < -0.3 is 15.3 Å². The van der Waals surface area contributed by atoms with E-state index >= 15 is 0 Å². The van der Waals surface area contributed by atoms with Gasteiger partial charge in [0.05, 0.1) is 11.9 Å². The van der Waals surface area contributed by atoms with Crippen LogP contribution in [-0.4, -0.2) is 40.1 Å². The molecule has 2 rings (SSSR count). The fourth-order valence-electron chi connectivity index (χ4n) is 2.17. The summed E-state index contributed by atoms with van der Waals surface area (Å²) in [5.41, 5.74) is 1.54. The van der Waals surface area contributed by atoms with Crippen LogP contribution >= 0.6 is 0 Å². The van der Waals surface area contributed by atoms with Gasteiger partial charge in [0.1, 0.15) is 0 Å². The van der Waals surface area contributed by atoms with Crippen molar-refractivity contribution in [2.75, 3.05) is 18.4 Å². The predicted molar refractivity (Wildman–Crippen MR) is 69.9 cm³/mol. The van der Waals surface area contributed by atoms with Gasteiger partial charge in [-0.3, -0.25) is 9.78 Å². The number of rotatable bonds is 3. The normalized spacial score (nSPS) is 18.4. The number of carboxylic acids is 1. The molecule has 0 radical (unpaired) electrons. The van der Waals surface area contributed by atoms with E-state index in [2.05, 4.69) is 10.3 Å². The highest BCUT2D eigenvalue weighted by atomic mass is 16.4. The fourth-order valence-corrected chi connectivity index (χ4v) is 2.17. The van der Waals surface area contributed by atoms with Crippen molar-refractivity contribution in [2.24, 2.45) is 5.92 Å². The van der Waals surface area contributed by atoms with Crippen molar-refractivity contribution in [3.63, 3.8) is 0 Å². The van der Waals surface area contributed by atoms with E-state index in [1.54, 1.807) is 17.2 Å². The van der Waals surface area contributed by atoms with Crippen molar-refractivity contribution < 1.29 is 14.7 Å². The lowest BCUT2D eigenvalue weighted by molar-refractivity contribution is -0.138. The Morgan fingerprint density at radius 2 is 2.32 bits per heavy atom. The summed E-state index contributed by atoms with van der Waals surface area (Å²) in [7, 11) is 0. The maximum atomic E-state index is 12.0. The van der Waals surface area contributed by atoms with Gasteiger partial charge in [0.2, 0.25) is 0 Å². The quantitative estimate of drug-likeness (QED) is 0.869. The van der Waals surface area contributed by atoms with Crippen molar-refractivity contribution in [1.29, 1.82) is 0 Å². The number of carbonyl (C=O) groups excluding carboxylic acids is 1. The summed E-state index contributed by atoms with van der Waals surface area (Å²) in [6.45, 7) is 2.98. The number of aryl methyl sites for hydroxylation is 1. The van der Waals surface area contributed by atoms with Crippen LogP contribution in [0, 0.1) is 12.8 Å². The third-order valence-electron chi connectivity index (χ3n) is 3.20. The number of likely N-dealkylation sites (tertiary alicyclic amines) is 1. The van der Waals surface area contributed by atoms with Crippen LogP contribution in [0.5, 0.6) is 0 Å². The third kappa shape index (κ3) is 3.67. The number of amides is 2. The minimum absolute atomic E-state index is 0.0550. The number of pyridine rings is 1. The topological polar surface area (TPSA) is 82.5 Å². The van der Waals surface area contributed by atoms with Gasteiger partial charge in [0.25, 0.3) is 0 Å². The summed E-state index contributed by atoms with van der Waals surface area (Å²) in [4.78, 5) is 28.3. The first-order valence-electron chi connectivity index (χ1n) is 6.25. The molecule has 19 heavy (non-hydrogen) atoms. The van der Waals surface area contributed by atoms with E-state index < -0.39 is 5.97 Å². The van der Waals surface area contributed by atoms with Crippen molar-refractivity contribution in [1.82, 2.24) is 9.88 Å². The molecule has 1 unspecified atom stereocenters. The second-order valence-corrected chi connectivity index (χ2v) is 4.82. The number of carboxylic acid groups (broad SMARTS) is 1. The van der Waals surface area contributed by atoms with Gasteiger partial charge in [-0.05, 0) is 31.4 Å². The Morgan fingerprint density at radius 1 is 1.53 bits per heavy atom. The Hall–Kier alpha value is -2.11. The van der Waals surface area contributed by atoms with Crippen LogP contribution < -0.4 is 5.32 Å². The number of carbonyl (C=O) groups is 2. The summed E-state index contributed by atoms with van der Waals surface area (Å²) in [5.74, 6) is -0.755. The Balaban J connectivity index is 1.87. The second-order valence-electron chi connectivity index (χ2n) is 4.82. The highest BCUT2D eigenvalue weighted by Crippen LogP contribution is 2.20. The van der Waals surface area contributed by atoms with Crippen LogP contribution in [0.1, 0.15) is 18.5 Å². The first-order valence-corrected chi connectivity index (χ1v) is 6.25. The number of nitrogens with zero attached hydrogens (tertiary/aromatic N) is 2. The summed E-state index contributed by atoms with van der Waals surface area (Å²) in [6.07, 6.45) is 2.47. The number of urea groups is 1. The zero-order valence-electron chi connectivity index (χ0n) is 10.8. The molecule has 1 aliphatic rings. The monoisotopic (exact) mass is 263 g/mol. The molecule has 0 aromatic carbocycles. The zero-order chi connectivity index (χ0) is 13.8. The smallest absolute Gasteiger partial charge is 0.321 e. The van der Waals surface area contributed by atoms with E-state index in [-0.39, 0.29) is 18.4 Å². The maximum Gasteiger partial charge on any atom is 0.321 e. The molecule has 1 saturated heterocycles. The SMILES string of the molecule is Cc1ccc(NC(=O)N2CCC(CC(=O)O)C2)cn1. The Morgan fingerprint density at radius 3 is 2.95 bits per heavy atom. The van der Waals surface area contributed by atoms with Crippen LogP contribution in [0.3, 0.4) is 0 Å². The van der Waals surface area contributed by atoms with Gasteiger partial charge in [0.15, 0.2) is 0 Å². The first kappa shape index (κ1) is 13.3. The lowest BCUT2D eigenvalue weighted by atomic mass is 10.1. The first-order chi connectivity index (χ1) is 9.04. The van der Waals surface area contributed by atoms with Crippen LogP contribution in [0.25, 0.3) is 0 Å². The minimum atomic E-state index is -0.810. The lowest BCUT2D eigenvalue weighted by Crippen LogP contribution is -2.33. The summed E-state index contributed by atoms with van der Waals surface area (Å²) in [6, 6.07) is 3.43. The molecular weight excluding hydrogens is 246 g/mol. The Bertz CT molecular complexity index is 473. The third-order valence-corrected chi connectivity index (χ3v) is 3.20. The van der Waals surface area contributed by atoms with Crippen LogP contribution in [0.2, 0.25) is 0 Å². The molecule has 2 amide bonds. The van der Waals surface area contributed by atoms with Gasteiger partial charge in [0, 0.05) is 25.2 Å². The van der Waals surface area contributed by atoms with E-state index in [4.69, 9.17) is 5.11 Å². The number of anilines is 1. The Labute approximate surface area is 111 Å². The number of aromatic nitrogens is 1. The van der Waals surface area contributed by atoms with Crippen LogP contribution in [-0.2, 0) is 4.79 Å². The van der Waals surface area contributed by atoms with Crippen LogP contribution in [0.15, 0.2) is 18.3 Å². The van der Waals surface area contributed by atoms with E-state index in [9.17, 15) is 9.59 Å². The summed E-state index contributed by atoms with van der Waals surface area (Å²) < 4.78 is 0. The molecule has 1 atom stereocenters. The van der Waals surface area contributed by atoms with Crippen molar-refractivity contribution in [2.45, 2.75) is 19.8 Å². The molecule has 102 valence electrons. The van der Waals surface area contributed by atoms with Crippen molar-refractivity contribution in [3.05, 3.63) is 24.0 Å². The lowest BCUT2D eigenvalue weighted by Gasteiger charge is -2.17. The molecule has 0 bridgehead atoms. The number of hydrogen-bond acceptors (Lipinski definition) is 3. The molecule has 1 aliphatic heterocycles. The predicted octanol–water partition coefficient (Wildman–Crippen LogP) is 1.72. The summed E-state index contributed by atoms with van der Waals surface area (Å²) in [5, 5.41) is 11.5. The number of hydrogen-bond donors (Lipinski definition) is 2. The van der Waals surface area contributed by atoms with E-state index in [0.717, 1.165) is 12.1 Å². The van der Waals surface area contributed by atoms with Gasteiger partial charge >= 0.3 is 12.0 Å². The molecule has 2 heterocycles. The van der Waals surface area contributed by atoms with E-state index in [1.165, 1.54) is 0 Å². The standard InChI is InChI=1S/C13H17N3O3/c1-9-2-3-11(7-14-9)15-13(19)16-5-4-10(8-16)6-12(17)18/h2-3,7,10H,4-6,8H2,1H3,(H,15,19)(H,17,18). The molecule has 1 aromatic heterocycles. The zero-order valence-corrected chi connectivity index (χ0v) is 10.8. The molecule has 2 N–H and O–H groups in total. The van der Waals surface area contributed by atoms with Crippen LogP contribution in [0.4, 0.5) is 10.5 Å². The molecule has 6 nitrogen and oxygen atoms in total. The van der Waals surface area contributed by atoms with E-state index in [1.807, 2.05) is 13.0 Å². The van der Waals surface area contributed by atoms with Crippen molar-refractivity contribution >= 4 is 17.7 Å². The molecular formula is C13H17N3O3. The highest BCUT2D eigenvalue weighted by Gasteiger charge is 2.27. The van der Waals surface area contributed by atoms with Gasteiger partial charge in [-0.2, -0.15) is 0 Å². The van der Waals surface area contributed by atoms with Gasteiger partial charge in [-0.25, -0.2) is 4.79 Å². The number of aliphatic carboxylic acids is 1. The summed E-state index contributed by atoms with van der Waals surface area (Å²) >= 11 is 0. The molecule has 0 aliphatic carbocycles. The number of nitrogens with one attached hydrogen (secondary N) is 1. The molecule has 0 spiro atoms. The molecule has 1 aromatic rings. The molecule has 0 saturated carbocycles. The molecule has 6 heteroatoms.